The van der Waals surface area contributed by atoms with Crippen molar-refractivity contribution in [1.82, 2.24) is 30.1 Å². The van der Waals surface area contributed by atoms with E-state index in [1.165, 1.54) is 10.9 Å². The predicted molar refractivity (Wildman–Crippen MR) is 153 cm³/mol. The largest absolute Gasteiger partial charge is 0.397 e. The Morgan fingerprint density at radius 3 is 2.69 bits per heavy atom. The van der Waals surface area contributed by atoms with Crippen LogP contribution < -0.4 is 16.4 Å². The Balaban J connectivity index is 1.11. The van der Waals surface area contributed by atoms with Gasteiger partial charge in [0.2, 0.25) is 0 Å². The molecule has 2 saturated heterocycles. The smallest absolute Gasteiger partial charge is 0.270 e. The van der Waals surface area contributed by atoms with Crippen LogP contribution in [0.15, 0.2) is 36.7 Å². The third-order valence-corrected chi connectivity index (χ3v) is 8.53. The number of amides is 1. The van der Waals surface area contributed by atoms with Crippen molar-refractivity contribution < 1.29 is 4.79 Å². The summed E-state index contributed by atoms with van der Waals surface area (Å²) < 4.78 is 0. The summed E-state index contributed by atoms with van der Waals surface area (Å²) in [5.41, 5.74) is 7.87. The highest BCUT2D eigenvalue weighted by molar-refractivity contribution is 7.14. The van der Waals surface area contributed by atoms with E-state index in [4.69, 9.17) is 5.73 Å². The summed E-state index contributed by atoms with van der Waals surface area (Å²) in [6.07, 6.45) is 7.67. The van der Waals surface area contributed by atoms with Gasteiger partial charge in [-0.1, -0.05) is 6.07 Å². The molecule has 3 aromatic rings. The number of nitrogens with zero attached hydrogens (tertiary/aromatic N) is 6. The van der Waals surface area contributed by atoms with Crippen LogP contribution in [0.3, 0.4) is 0 Å². The lowest BCUT2D eigenvalue weighted by atomic mass is 9.96. The number of piperidine rings is 2. The fourth-order valence-corrected chi connectivity index (χ4v) is 6.07. The zero-order valence-electron chi connectivity index (χ0n) is 22.3. The Kier molecular flexibility index (Phi) is 8.66. The van der Waals surface area contributed by atoms with E-state index in [0.29, 0.717) is 23.8 Å². The number of anilines is 2. The Bertz CT molecular complexity index is 1310. The van der Waals surface area contributed by atoms with Crippen molar-refractivity contribution >= 4 is 28.7 Å². The van der Waals surface area contributed by atoms with Crippen molar-refractivity contribution in [1.29, 1.82) is 5.26 Å². The number of hydrogen-bond donors (Lipinski definition) is 3. The molecule has 0 atom stereocenters. The highest BCUT2D eigenvalue weighted by Gasteiger charge is 2.23. The number of rotatable bonds is 8. The van der Waals surface area contributed by atoms with Crippen LogP contribution in [0.2, 0.25) is 0 Å². The molecule has 0 aliphatic carbocycles. The van der Waals surface area contributed by atoms with Gasteiger partial charge in [-0.3, -0.25) is 14.7 Å². The van der Waals surface area contributed by atoms with Crippen LogP contribution in [0.1, 0.15) is 46.6 Å². The molecule has 2 fully saturated rings. The molecule has 0 saturated carbocycles. The van der Waals surface area contributed by atoms with Crippen LogP contribution in [0.4, 0.5) is 11.5 Å². The molecule has 4 N–H and O–H groups in total. The quantitative estimate of drug-likeness (QED) is 0.390. The summed E-state index contributed by atoms with van der Waals surface area (Å²) in [5.74, 6) is 0.551. The zero-order valence-corrected chi connectivity index (χ0v) is 23.1. The van der Waals surface area contributed by atoms with Gasteiger partial charge in [-0.05, 0) is 83.0 Å². The van der Waals surface area contributed by atoms with E-state index in [1.807, 2.05) is 24.4 Å². The molecule has 0 bridgehead atoms. The first-order valence-electron chi connectivity index (χ1n) is 13.5. The van der Waals surface area contributed by atoms with Crippen molar-refractivity contribution in [3.05, 3.63) is 52.8 Å². The lowest BCUT2D eigenvalue weighted by Crippen LogP contribution is -2.38. The first-order valence-corrected chi connectivity index (χ1v) is 14.3. The van der Waals surface area contributed by atoms with Crippen LogP contribution in [-0.4, -0.2) is 76.5 Å². The summed E-state index contributed by atoms with van der Waals surface area (Å²) in [4.78, 5) is 32.4. The summed E-state index contributed by atoms with van der Waals surface area (Å²) in [5, 5.41) is 17.0. The van der Waals surface area contributed by atoms with Gasteiger partial charge in [0.05, 0.1) is 11.4 Å². The van der Waals surface area contributed by atoms with Crippen molar-refractivity contribution in [2.45, 2.75) is 38.3 Å². The number of nitrogens with two attached hydrogens (primary N) is 1. The number of thiazole rings is 1. The summed E-state index contributed by atoms with van der Waals surface area (Å²) in [6.45, 7) is 5.38. The maximum absolute atomic E-state index is 13.0. The van der Waals surface area contributed by atoms with Gasteiger partial charge in [-0.2, -0.15) is 5.26 Å². The summed E-state index contributed by atoms with van der Waals surface area (Å²) >= 11 is 1.69. The van der Waals surface area contributed by atoms with Gasteiger partial charge in [0.1, 0.15) is 28.2 Å². The fourth-order valence-electron chi connectivity index (χ4n) is 5.13. The molecule has 5 rings (SSSR count). The summed E-state index contributed by atoms with van der Waals surface area (Å²) in [6, 6.07) is 9.72. The maximum Gasteiger partial charge on any atom is 0.270 e. The molecule has 0 radical (unpaired) electrons. The van der Waals surface area contributed by atoms with Gasteiger partial charge in [0.25, 0.3) is 5.91 Å². The number of carbonyl (C=O) groups is 1. The predicted octanol–water partition coefficient (Wildman–Crippen LogP) is 3.20. The number of carbonyl (C=O) groups excluding carboxylic acids is 1. The third kappa shape index (κ3) is 6.89. The molecule has 39 heavy (non-hydrogen) atoms. The normalized spacial score (nSPS) is 17.5. The first-order chi connectivity index (χ1) is 19.0. The Hall–Kier alpha value is -3.59. The lowest BCUT2D eigenvalue weighted by molar-refractivity contribution is 0.0930. The molecule has 3 aromatic heterocycles. The molecular formula is C28H35N9OS. The van der Waals surface area contributed by atoms with Crippen LogP contribution in [0.5, 0.6) is 0 Å². The average molecular weight is 546 g/mol. The van der Waals surface area contributed by atoms with E-state index in [9.17, 15) is 10.1 Å². The SMILES string of the molecule is CN1CCC(Nc2nc(C(=O)NCC3CCN(Cc4cnc(-c5ccccn5)s4)CC3)cc(N)c2C#N)CC1. The van der Waals surface area contributed by atoms with Gasteiger partial charge >= 0.3 is 0 Å². The minimum Gasteiger partial charge on any atom is -0.397 e. The molecule has 0 aromatic carbocycles. The highest BCUT2D eigenvalue weighted by Crippen LogP contribution is 2.27. The van der Waals surface area contributed by atoms with E-state index >= 15 is 0 Å². The first kappa shape index (κ1) is 27.0. The molecule has 10 nitrogen and oxygen atoms in total. The molecule has 204 valence electrons. The zero-order chi connectivity index (χ0) is 27.2. The average Bonchev–Trinajstić information content (AvgIpc) is 3.42. The lowest BCUT2D eigenvalue weighted by Gasteiger charge is -2.31. The van der Waals surface area contributed by atoms with Crippen LogP contribution in [0.25, 0.3) is 10.7 Å². The van der Waals surface area contributed by atoms with Crippen molar-refractivity contribution in [3.8, 4) is 16.8 Å². The second kappa shape index (κ2) is 12.5. The molecule has 0 unspecified atom stereocenters. The van der Waals surface area contributed by atoms with Crippen LogP contribution in [0, 0.1) is 17.2 Å². The number of nitrogens with one attached hydrogen (secondary N) is 2. The van der Waals surface area contributed by atoms with E-state index < -0.39 is 0 Å². The molecule has 1 amide bonds. The van der Waals surface area contributed by atoms with Crippen molar-refractivity contribution in [3.63, 3.8) is 0 Å². The molecule has 2 aliphatic heterocycles. The van der Waals surface area contributed by atoms with Gasteiger partial charge in [-0.25, -0.2) is 9.97 Å². The van der Waals surface area contributed by atoms with Gasteiger partial charge in [-0.15, -0.1) is 11.3 Å². The van der Waals surface area contributed by atoms with Crippen molar-refractivity contribution in [2.75, 3.05) is 50.8 Å². The number of likely N-dealkylation sites (tertiary alicyclic amines) is 2. The topological polar surface area (TPSA) is 136 Å². The number of nitriles is 1. The fraction of sp³-hybridized carbons (Fsp3) is 0.464. The molecule has 5 heterocycles. The van der Waals surface area contributed by atoms with Gasteiger partial charge in [0, 0.05) is 36.4 Å². The molecule has 0 spiro atoms. The Morgan fingerprint density at radius 2 is 1.97 bits per heavy atom. The van der Waals surface area contributed by atoms with Crippen LogP contribution in [-0.2, 0) is 6.54 Å². The molecular weight excluding hydrogens is 510 g/mol. The summed E-state index contributed by atoms with van der Waals surface area (Å²) in [7, 11) is 2.10. The van der Waals surface area contributed by atoms with E-state index in [0.717, 1.165) is 69.1 Å². The second-order valence-corrected chi connectivity index (χ2v) is 11.5. The van der Waals surface area contributed by atoms with Gasteiger partial charge < -0.3 is 21.3 Å². The monoisotopic (exact) mass is 545 g/mol. The van der Waals surface area contributed by atoms with E-state index in [2.05, 4.69) is 48.5 Å². The molecule has 11 heteroatoms. The highest BCUT2D eigenvalue weighted by atomic mass is 32.1. The minimum atomic E-state index is -0.258. The third-order valence-electron chi connectivity index (χ3n) is 7.53. The number of aromatic nitrogens is 3. The standard InChI is InChI=1S/C28H35N9OS/c1-36-10-7-20(8-11-36)34-26-22(15-29)23(30)14-25(35-26)27(38)32-16-19-5-12-37(13-6-19)18-21-17-33-28(39-21)24-4-2-3-9-31-24/h2-4,9,14,17,19-20H,5-8,10-13,16,18H2,1H3,(H,32,38)(H3,30,34,35). The molecule has 2 aliphatic rings. The van der Waals surface area contributed by atoms with E-state index in [-0.39, 0.29) is 23.3 Å². The Morgan fingerprint density at radius 1 is 1.18 bits per heavy atom. The van der Waals surface area contributed by atoms with Crippen molar-refractivity contribution in [2.24, 2.45) is 5.92 Å². The number of nitrogen functional groups attached to an aromatic ring is 1. The van der Waals surface area contributed by atoms with E-state index in [1.54, 1.807) is 17.5 Å². The number of pyridine rings is 2. The minimum absolute atomic E-state index is 0.204. The van der Waals surface area contributed by atoms with Crippen LogP contribution >= 0.6 is 11.3 Å². The maximum atomic E-state index is 13.0. The Labute approximate surface area is 233 Å². The van der Waals surface area contributed by atoms with Gasteiger partial charge in [0.15, 0.2) is 0 Å². The second-order valence-electron chi connectivity index (χ2n) is 10.4. The number of hydrogen-bond acceptors (Lipinski definition) is 10.